The number of amides is 2. The number of benzene rings is 2. The van der Waals surface area contributed by atoms with E-state index >= 15 is 0 Å². The van der Waals surface area contributed by atoms with Crippen molar-refractivity contribution in [3.8, 4) is 5.88 Å². The van der Waals surface area contributed by atoms with Crippen molar-refractivity contribution in [2.24, 2.45) is 16.0 Å². The van der Waals surface area contributed by atoms with Crippen LogP contribution >= 0.6 is 0 Å². The van der Waals surface area contributed by atoms with Gasteiger partial charge in [-0.3, -0.25) is 9.59 Å². The second kappa shape index (κ2) is 6.33. The van der Waals surface area contributed by atoms with Gasteiger partial charge in [-0.2, -0.15) is 0 Å². The first kappa shape index (κ1) is 15.4. The lowest BCUT2D eigenvalue weighted by molar-refractivity contribution is -0.135. The number of nitrogens with two attached hydrogens (primary N) is 1. The van der Waals surface area contributed by atoms with Gasteiger partial charge in [0.1, 0.15) is 0 Å². The Labute approximate surface area is 137 Å². The van der Waals surface area contributed by atoms with E-state index in [9.17, 15) is 14.7 Å². The minimum atomic E-state index is -1.20. The molecule has 0 atom stereocenters. The molecule has 3 rings (SSSR count). The van der Waals surface area contributed by atoms with Crippen LogP contribution in [-0.2, 0) is 16.1 Å². The Bertz CT molecular complexity index is 945. The molecule has 0 spiro atoms. The van der Waals surface area contributed by atoms with Crippen molar-refractivity contribution in [1.82, 2.24) is 4.57 Å². The number of carbonyl (C=O) groups excluding carboxylic acids is 2. The molecule has 1 aromatic heterocycles. The van der Waals surface area contributed by atoms with E-state index in [1.807, 2.05) is 42.5 Å². The highest BCUT2D eigenvalue weighted by Gasteiger charge is 2.17. The van der Waals surface area contributed by atoms with Crippen LogP contribution in [-0.4, -0.2) is 21.5 Å². The van der Waals surface area contributed by atoms with Crippen molar-refractivity contribution >= 4 is 28.4 Å². The monoisotopic (exact) mass is 322 g/mol. The summed E-state index contributed by atoms with van der Waals surface area (Å²) in [6.45, 7) is 0.423. The fraction of sp³-hybridized carbons (Fsp3) is 0.0588. The van der Waals surface area contributed by atoms with E-state index < -0.39 is 11.8 Å². The van der Waals surface area contributed by atoms with Crippen LogP contribution in [0.3, 0.4) is 0 Å². The van der Waals surface area contributed by atoms with E-state index in [-0.39, 0.29) is 11.6 Å². The fourth-order valence-electron chi connectivity index (χ4n) is 2.44. The van der Waals surface area contributed by atoms with Gasteiger partial charge >= 0.3 is 11.8 Å². The molecule has 0 fully saturated rings. The van der Waals surface area contributed by atoms with Gasteiger partial charge in [-0.1, -0.05) is 48.5 Å². The van der Waals surface area contributed by atoms with Gasteiger partial charge in [0.05, 0.1) is 12.1 Å². The zero-order valence-corrected chi connectivity index (χ0v) is 12.6. The van der Waals surface area contributed by atoms with Crippen LogP contribution in [0.5, 0.6) is 5.88 Å². The minimum absolute atomic E-state index is 0.121. The number of azo groups is 1. The maximum Gasteiger partial charge on any atom is 0.353 e. The summed E-state index contributed by atoms with van der Waals surface area (Å²) in [5.74, 6) is -2.51. The van der Waals surface area contributed by atoms with Crippen molar-refractivity contribution in [1.29, 1.82) is 0 Å². The van der Waals surface area contributed by atoms with Gasteiger partial charge in [-0.25, -0.2) is 0 Å². The van der Waals surface area contributed by atoms with Crippen LogP contribution in [0.15, 0.2) is 64.8 Å². The second-order valence-corrected chi connectivity index (χ2v) is 5.13. The molecule has 0 aliphatic carbocycles. The van der Waals surface area contributed by atoms with Crippen LogP contribution in [0.2, 0.25) is 0 Å². The summed E-state index contributed by atoms with van der Waals surface area (Å²) in [7, 11) is 0. The topological polar surface area (TPSA) is 110 Å². The van der Waals surface area contributed by atoms with Crippen molar-refractivity contribution in [3.05, 3.63) is 60.2 Å². The van der Waals surface area contributed by atoms with Gasteiger partial charge in [-0.15, -0.1) is 10.2 Å². The Balaban J connectivity index is 2.09. The Morgan fingerprint density at radius 2 is 1.71 bits per heavy atom. The van der Waals surface area contributed by atoms with Gasteiger partial charge in [0, 0.05) is 5.39 Å². The molecular formula is C17H14N4O3. The van der Waals surface area contributed by atoms with E-state index in [1.165, 1.54) is 0 Å². The lowest BCUT2D eigenvalue weighted by Gasteiger charge is -2.06. The molecule has 1 heterocycles. The molecule has 2 aromatic carbocycles. The molecule has 0 saturated heterocycles. The fourth-order valence-corrected chi connectivity index (χ4v) is 2.44. The maximum atomic E-state index is 11.2. The van der Waals surface area contributed by atoms with Crippen LogP contribution in [0.4, 0.5) is 5.69 Å². The Kier molecular flexibility index (Phi) is 4.07. The molecule has 0 aliphatic heterocycles. The summed E-state index contributed by atoms with van der Waals surface area (Å²) >= 11 is 0. The molecule has 24 heavy (non-hydrogen) atoms. The lowest BCUT2D eigenvalue weighted by atomic mass is 10.2. The largest absolute Gasteiger partial charge is 0.493 e. The number of hydrogen-bond acceptors (Lipinski definition) is 4. The first-order chi connectivity index (χ1) is 11.6. The third-order valence-electron chi connectivity index (χ3n) is 3.55. The summed E-state index contributed by atoms with van der Waals surface area (Å²) in [6, 6.07) is 16.8. The minimum Gasteiger partial charge on any atom is -0.493 e. The van der Waals surface area contributed by atoms with Crippen molar-refractivity contribution < 1.29 is 14.7 Å². The van der Waals surface area contributed by atoms with E-state index in [2.05, 4.69) is 10.2 Å². The molecule has 2 amide bonds. The summed E-state index contributed by atoms with van der Waals surface area (Å²) in [6.07, 6.45) is 0. The van der Waals surface area contributed by atoms with Crippen LogP contribution in [0, 0.1) is 0 Å². The molecule has 0 aliphatic rings. The second-order valence-electron chi connectivity index (χ2n) is 5.13. The number of nitrogens with zero attached hydrogens (tertiary/aromatic N) is 3. The average Bonchev–Trinajstić information content (AvgIpc) is 2.86. The number of primary amides is 1. The van der Waals surface area contributed by atoms with Crippen molar-refractivity contribution in [2.45, 2.75) is 6.54 Å². The highest BCUT2D eigenvalue weighted by molar-refractivity contribution is 6.34. The Morgan fingerprint density at radius 1 is 1.04 bits per heavy atom. The predicted octanol–water partition coefficient (Wildman–Crippen LogP) is 2.49. The number of rotatable bonds is 3. The zero-order chi connectivity index (χ0) is 17.1. The van der Waals surface area contributed by atoms with E-state index in [0.717, 1.165) is 11.1 Å². The quantitative estimate of drug-likeness (QED) is 0.571. The number of aromatic nitrogens is 1. The first-order valence-electron chi connectivity index (χ1n) is 7.17. The molecule has 0 bridgehead atoms. The summed E-state index contributed by atoms with van der Waals surface area (Å²) in [5, 5.41) is 18.1. The molecule has 7 heteroatoms. The van der Waals surface area contributed by atoms with Gasteiger partial charge in [0.2, 0.25) is 5.88 Å². The van der Waals surface area contributed by atoms with E-state index in [4.69, 9.17) is 5.73 Å². The van der Waals surface area contributed by atoms with E-state index in [1.54, 1.807) is 16.7 Å². The Morgan fingerprint density at radius 3 is 2.42 bits per heavy atom. The normalized spacial score (nSPS) is 11.2. The number of hydrogen-bond donors (Lipinski definition) is 2. The third kappa shape index (κ3) is 2.87. The van der Waals surface area contributed by atoms with Gasteiger partial charge in [0.25, 0.3) is 0 Å². The molecule has 0 saturated carbocycles. The summed E-state index contributed by atoms with van der Waals surface area (Å²) < 4.78 is 1.66. The number of fused-ring (bicyclic) bond motifs is 1. The smallest absolute Gasteiger partial charge is 0.353 e. The highest BCUT2D eigenvalue weighted by Crippen LogP contribution is 2.39. The number of aromatic hydroxyl groups is 1. The van der Waals surface area contributed by atoms with Gasteiger partial charge in [-0.05, 0) is 11.6 Å². The molecule has 120 valence electrons. The van der Waals surface area contributed by atoms with Crippen molar-refractivity contribution in [2.75, 3.05) is 0 Å². The van der Waals surface area contributed by atoms with Crippen LogP contribution in [0.1, 0.15) is 5.56 Å². The summed E-state index contributed by atoms with van der Waals surface area (Å²) in [5.41, 5.74) is 6.70. The maximum absolute atomic E-state index is 11.2. The van der Waals surface area contributed by atoms with Crippen LogP contribution < -0.4 is 5.73 Å². The molecule has 7 nitrogen and oxygen atoms in total. The molecule has 0 unspecified atom stereocenters. The first-order valence-corrected chi connectivity index (χ1v) is 7.17. The predicted molar refractivity (Wildman–Crippen MR) is 87.9 cm³/mol. The Hall–Kier alpha value is -3.48. The summed E-state index contributed by atoms with van der Waals surface area (Å²) in [4.78, 5) is 22.0. The SMILES string of the molecule is NC(=O)C(=O)N=Nc1c(O)n(Cc2ccccc2)c2ccccc12. The van der Waals surface area contributed by atoms with Crippen LogP contribution in [0.25, 0.3) is 10.9 Å². The van der Waals surface area contributed by atoms with E-state index in [0.29, 0.717) is 11.9 Å². The third-order valence-corrected chi connectivity index (χ3v) is 3.55. The molecular weight excluding hydrogens is 308 g/mol. The lowest BCUT2D eigenvalue weighted by Crippen LogP contribution is -2.20. The molecule has 0 radical (unpaired) electrons. The number of para-hydroxylation sites is 1. The number of carbonyl (C=O) groups is 2. The van der Waals surface area contributed by atoms with Crippen molar-refractivity contribution in [3.63, 3.8) is 0 Å². The average molecular weight is 322 g/mol. The standard InChI is InChI=1S/C17H14N4O3/c18-15(22)16(23)20-19-14-12-8-4-5-9-13(12)21(17(14)24)10-11-6-2-1-3-7-11/h1-9,24H,10H2,(H2,18,22). The van der Waals surface area contributed by atoms with Gasteiger partial charge < -0.3 is 15.4 Å². The highest BCUT2D eigenvalue weighted by atomic mass is 16.3. The van der Waals surface area contributed by atoms with Gasteiger partial charge in [0.15, 0.2) is 5.69 Å². The zero-order valence-electron chi connectivity index (χ0n) is 12.6. The molecule has 3 aromatic rings. The molecule has 3 N–H and O–H groups in total.